The summed E-state index contributed by atoms with van der Waals surface area (Å²) in [5.41, 5.74) is 2.30. The van der Waals surface area contributed by atoms with E-state index in [-0.39, 0.29) is 23.7 Å². The van der Waals surface area contributed by atoms with Gasteiger partial charge < -0.3 is 29.8 Å². The van der Waals surface area contributed by atoms with Crippen LogP contribution in [0.25, 0.3) is 11.1 Å². The largest absolute Gasteiger partial charge is 0.508 e. The van der Waals surface area contributed by atoms with Crippen LogP contribution in [0, 0.1) is 5.92 Å². The smallest absolute Gasteiger partial charge is 0.318 e. The molecule has 9 nitrogen and oxygen atoms in total. The van der Waals surface area contributed by atoms with Crippen molar-refractivity contribution in [3.63, 3.8) is 0 Å². The number of aromatic nitrogens is 1. The van der Waals surface area contributed by atoms with E-state index in [1.54, 1.807) is 17.0 Å². The first-order valence-electron chi connectivity index (χ1n) is 14.6. The molecule has 1 saturated heterocycles. The van der Waals surface area contributed by atoms with Crippen molar-refractivity contribution < 1.29 is 23.8 Å². The molecule has 1 aliphatic carbocycles. The summed E-state index contributed by atoms with van der Waals surface area (Å²) in [4.78, 5) is 33.3. The normalized spacial score (nSPS) is 17.9. The maximum absolute atomic E-state index is 13.8. The van der Waals surface area contributed by atoms with Crippen LogP contribution in [0.15, 0.2) is 52.9 Å². The van der Waals surface area contributed by atoms with Crippen LogP contribution in [0.1, 0.15) is 56.4 Å². The van der Waals surface area contributed by atoms with Crippen molar-refractivity contribution in [3.8, 4) is 5.75 Å². The van der Waals surface area contributed by atoms with E-state index >= 15 is 0 Å². The number of oxazole rings is 1. The number of hydrogen-bond donors (Lipinski definition) is 3. The summed E-state index contributed by atoms with van der Waals surface area (Å²) in [5.74, 6) is 1.00. The van der Waals surface area contributed by atoms with E-state index in [9.17, 15) is 14.7 Å². The molecule has 2 atom stereocenters. The predicted molar refractivity (Wildman–Crippen MR) is 152 cm³/mol. The van der Waals surface area contributed by atoms with Crippen LogP contribution < -0.4 is 10.6 Å². The maximum Gasteiger partial charge on any atom is 0.318 e. The highest BCUT2D eigenvalue weighted by molar-refractivity contribution is 5.87. The second-order valence-corrected chi connectivity index (χ2v) is 11.0. The van der Waals surface area contributed by atoms with Gasteiger partial charge in [0.05, 0.1) is 13.2 Å². The van der Waals surface area contributed by atoms with Crippen molar-refractivity contribution in [3.05, 3.63) is 60.0 Å². The van der Waals surface area contributed by atoms with Crippen LogP contribution in [-0.2, 0) is 22.4 Å². The van der Waals surface area contributed by atoms with Gasteiger partial charge in [0.1, 0.15) is 17.3 Å². The summed E-state index contributed by atoms with van der Waals surface area (Å²) in [5, 5.41) is 16.6. The molecule has 1 unspecified atom stereocenters. The third-order valence-corrected chi connectivity index (χ3v) is 8.07. The average Bonchev–Trinajstić information content (AvgIpc) is 3.39. The quantitative estimate of drug-likeness (QED) is 0.342. The number of ether oxygens (including phenoxy) is 1. The number of fused-ring (bicyclic) bond motifs is 1. The zero-order chi connectivity index (χ0) is 27.7. The fourth-order valence-corrected chi connectivity index (χ4v) is 5.79. The number of rotatable bonds is 10. The van der Waals surface area contributed by atoms with E-state index in [0.29, 0.717) is 69.4 Å². The van der Waals surface area contributed by atoms with E-state index in [1.165, 1.54) is 6.42 Å². The Morgan fingerprint density at radius 2 is 1.75 bits per heavy atom. The van der Waals surface area contributed by atoms with Gasteiger partial charge >= 0.3 is 6.03 Å². The first-order chi connectivity index (χ1) is 19.5. The molecule has 214 valence electrons. The lowest BCUT2D eigenvalue weighted by molar-refractivity contribution is -0.124. The van der Waals surface area contributed by atoms with Gasteiger partial charge in [0.15, 0.2) is 11.5 Å². The Kier molecular flexibility index (Phi) is 9.54. The molecule has 0 bridgehead atoms. The molecule has 9 heteroatoms. The molecule has 0 spiro atoms. The van der Waals surface area contributed by atoms with Crippen LogP contribution in [0.4, 0.5) is 4.79 Å². The van der Waals surface area contributed by atoms with Gasteiger partial charge in [-0.1, -0.05) is 62.4 Å². The Balaban J connectivity index is 1.31. The average molecular weight is 549 g/mol. The van der Waals surface area contributed by atoms with Gasteiger partial charge in [0, 0.05) is 25.6 Å². The third kappa shape index (κ3) is 7.53. The number of carbonyl (C=O) groups excluding carboxylic acids is 2. The fourth-order valence-electron chi connectivity index (χ4n) is 5.79. The van der Waals surface area contributed by atoms with Gasteiger partial charge in [-0.05, 0) is 48.9 Å². The van der Waals surface area contributed by atoms with Crippen molar-refractivity contribution in [1.29, 1.82) is 0 Å². The van der Waals surface area contributed by atoms with Crippen molar-refractivity contribution in [1.82, 2.24) is 20.5 Å². The van der Waals surface area contributed by atoms with E-state index in [2.05, 4.69) is 15.6 Å². The molecule has 0 radical (unpaired) electrons. The highest BCUT2D eigenvalue weighted by Crippen LogP contribution is 2.28. The number of nitrogens with one attached hydrogen (secondary N) is 2. The van der Waals surface area contributed by atoms with E-state index in [1.807, 2.05) is 36.4 Å². The molecular formula is C31H40N4O5. The van der Waals surface area contributed by atoms with Crippen LogP contribution >= 0.6 is 0 Å². The molecule has 3 N–H and O–H groups in total. The van der Waals surface area contributed by atoms with E-state index < -0.39 is 6.04 Å². The number of morpholine rings is 1. The summed E-state index contributed by atoms with van der Waals surface area (Å²) in [7, 11) is 0. The van der Waals surface area contributed by atoms with Gasteiger partial charge in [-0.25, -0.2) is 9.78 Å². The molecule has 3 aromatic rings. The van der Waals surface area contributed by atoms with Crippen LogP contribution in [0.3, 0.4) is 0 Å². The molecule has 3 amide bonds. The first kappa shape index (κ1) is 28.0. The number of phenols is 1. The van der Waals surface area contributed by atoms with E-state index in [0.717, 1.165) is 36.8 Å². The van der Waals surface area contributed by atoms with Crippen molar-refractivity contribution in [2.45, 2.75) is 69.9 Å². The standard InChI is InChI=1S/C31H40N4O5/c36-27-12-6-4-10-23(27)14-15-24(21-29-33-25-11-5-7-13-28(25)40-29)32-30(37)26(20-22-8-2-1-3-9-22)34-31(38)35-16-18-39-19-17-35/h4-7,10-13,22,24,26,36H,1-3,8-9,14-21H2,(H,32,37)(H,34,38)/t24?,26-/m0/s1. The maximum atomic E-state index is 13.8. The monoisotopic (exact) mass is 548 g/mol. The minimum absolute atomic E-state index is 0.189. The van der Waals surface area contributed by atoms with Crippen LogP contribution in [0.2, 0.25) is 0 Å². The zero-order valence-corrected chi connectivity index (χ0v) is 23.0. The third-order valence-electron chi connectivity index (χ3n) is 8.07. The second-order valence-electron chi connectivity index (χ2n) is 11.0. The Labute approximate surface area is 235 Å². The first-order valence-corrected chi connectivity index (χ1v) is 14.6. The summed E-state index contributed by atoms with van der Waals surface area (Å²) in [6.45, 7) is 2.05. The number of hydrogen-bond acceptors (Lipinski definition) is 6. The number of phenolic OH excluding ortho intramolecular Hbond substituents is 1. The number of para-hydroxylation sites is 3. The van der Waals surface area contributed by atoms with Gasteiger partial charge in [-0.3, -0.25) is 4.79 Å². The molecular weight excluding hydrogens is 508 g/mol. The number of benzene rings is 2. The number of urea groups is 1. The highest BCUT2D eigenvalue weighted by atomic mass is 16.5. The lowest BCUT2D eigenvalue weighted by Crippen LogP contribution is -2.55. The number of amides is 3. The summed E-state index contributed by atoms with van der Waals surface area (Å²) < 4.78 is 11.4. The second kappa shape index (κ2) is 13.7. The van der Waals surface area contributed by atoms with E-state index in [4.69, 9.17) is 9.15 Å². The van der Waals surface area contributed by atoms with Crippen molar-refractivity contribution in [2.24, 2.45) is 5.92 Å². The zero-order valence-electron chi connectivity index (χ0n) is 23.0. The summed E-state index contributed by atoms with van der Waals surface area (Å²) in [6.07, 6.45) is 7.90. The fraction of sp³-hybridized carbons (Fsp3) is 0.516. The van der Waals surface area contributed by atoms with Crippen LogP contribution in [0.5, 0.6) is 5.75 Å². The molecule has 2 fully saturated rings. The predicted octanol–water partition coefficient (Wildman–Crippen LogP) is 4.57. The molecule has 1 aliphatic heterocycles. The summed E-state index contributed by atoms with van der Waals surface area (Å²) in [6, 6.07) is 13.7. The Morgan fingerprint density at radius 3 is 2.52 bits per heavy atom. The molecule has 2 heterocycles. The SMILES string of the molecule is O=C(NC(CCc1ccccc1O)Cc1nc2ccccc2o1)[C@H](CC1CCCCC1)NC(=O)N1CCOCC1. The molecule has 1 saturated carbocycles. The lowest BCUT2D eigenvalue weighted by Gasteiger charge is -2.31. The lowest BCUT2D eigenvalue weighted by atomic mass is 9.84. The Morgan fingerprint density at radius 1 is 1.00 bits per heavy atom. The molecule has 40 heavy (non-hydrogen) atoms. The van der Waals surface area contributed by atoms with Gasteiger partial charge in [0.2, 0.25) is 5.91 Å². The number of aryl methyl sites for hydroxylation is 1. The van der Waals surface area contributed by atoms with Crippen molar-refractivity contribution in [2.75, 3.05) is 26.3 Å². The Bertz CT molecular complexity index is 1230. The molecule has 2 aromatic carbocycles. The number of aromatic hydroxyl groups is 1. The minimum atomic E-state index is -0.630. The van der Waals surface area contributed by atoms with Gasteiger partial charge in [-0.2, -0.15) is 0 Å². The van der Waals surface area contributed by atoms with Crippen molar-refractivity contribution >= 4 is 23.0 Å². The topological polar surface area (TPSA) is 117 Å². The number of nitrogens with zero attached hydrogens (tertiary/aromatic N) is 2. The molecule has 1 aromatic heterocycles. The minimum Gasteiger partial charge on any atom is -0.508 e. The highest BCUT2D eigenvalue weighted by Gasteiger charge is 2.30. The van der Waals surface area contributed by atoms with Gasteiger partial charge in [0.25, 0.3) is 0 Å². The van der Waals surface area contributed by atoms with Crippen LogP contribution in [-0.4, -0.2) is 65.3 Å². The Hall–Kier alpha value is -3.59. The summed E-state index contributed by atoms with van der Waals surface area (Å²) >= 11 is 0. The van der Waals surface area contributed by atoms with Gasteiger partial charge in [-0.15, -0.1) is 0 Å². The molecule has 2 aliphatic rings. The number of carbonyl (C=O) groups is 2. The molecule has 5 rings (SSSR count).